The van der Waals surface area contributed by atoms with Crippen molar-refractivity contribution < 1.29 is 5.11 Å². The van der Waals surface area contributed by atoms with E-state index >= 15 is 0 Å². The summed E-state index contributed by atoms with van der Waals surface area (Å²) in [6, 6.07) is 7.42. The third-order valence-electron chi connectivity index (χ3n) is 3.85. The Morgan fingerprint density at radius 1 is 1.29 bits per heavy atom. The number of pyridine rings is 1. The van der Waals surface area contributed by atoms with Crippen LogP contribution in [0.4, 0.5) is 5.82 Å². The Bertz CT molecular complexity index is 628. The van der Waals surface area contributed by atoms with E-state index in [4.69, 9.17) is 5.73 Å². The molecule has 2 aromatic heterocycles. The summed E-state index contributed by atoms with van der Waals surface area (Å²) in [6.07, 6.45) is 2.13. The summed E-state index contributed by atoms with van der Waals surface area (Å²) < 4.78 is 0. The predicted molar refractivity (Wildman–Crippen MR) is 79.5 cm³/mol. The first-order valence-electron chi connectivity index (χ1n) is 7.12. The van der Waals surface area contributed by atoms with Crippen LogP contribution in [0.1, 0.15) is 36.0 Å². The Labute approximate surface area is 123 Å². The highest BCUT2D eigenvalue weighted by Gasteiger charge is 2.28. The zero-order chi connectivity index (χ0) is 14.8. The fourth-order valence-electron chi connectivity index (χ4n) is 2.79. The van der Waals surface area contributed by atoms with Gasteiger partial charge in [0.2, 0.25) is 0 Å². The van der Waals surface area contributed by atoms with Crippen molar-refractivity contribution >= 4 is 5.82 Å². The average molecular weight is 285 g/mol. The number of nitrogens with two attached hydrogens (primary N) is 1. The van der Waals surface area contributed by atoms with Gasteiger partial charge in [0.25, 0.3) is 0 Å². The third kappa shape index (κ3) is 2.95. The molecule has 3 heterocycles. The number of anilines is 1. The molecule has 3 rings (SSSR count). The lowest BCUT2D eigenvalue weighted by Crippen LogP contribution is -2.24. The molecular weight excluding hydrogens is 266 g/mol. The molecule has 1 saturated heterocycles. The first kappa shape index (κ1) is 13.8. The zero-order valence-electron chi connectivity index (χ0n) is 12.0. The fraction of sp³-hybridized carbons (Fsp3) is 0.400. The van der Waals surface area contributed by atoms with E-state index in [0.717, 1.165) is 30.8 Å². The van der Waals surface area contributed by atoms with E-state index in [1.807, 2.05) is 19.1 Å². The molecule has 0 radical (unpaired) electrons. The van der Waals surface area contributed by atoms with Gasteiger partial charge in [-0.2, -0.15) is 5.10 Å². The molecule has 1 aliphatic rings. The number of hydrogen-bond acceptors (Lipinski definition) is 6. The fourth-order valence-corrected chi connectivity index (χ4v) is 2.79. The van der Waals surface area contributed by atoms with Gasteiger partial charge in [-0.15, -0.1) is 5.10 Å². The maximum atomic E-state index is 9.95. The molecular formula is C15H19N5O. The number of rotatable bonds is 3. The summed E-state index contributed by atoms with van der Waals surface area (Å²) in [5, 5.41) is 18.1. The second kappa shape index (κ2) is 5.65. The quantitative estimate of drug-likeness (QED) is 0.894. The van der Waals surface area contributed by atoms with Crippen molar-refractivity contribution in [2.75, 3.05) is 12.3 Å². The first-order chi connectivity index (χ1) is 10.1. The molecule has 21 heavy (non-hydrogen) atoms. The SMILES string of the molecule is Cc1ccc(O)c(CN2CCCC2c2ccc(N)nn2)n1. The molecule has 0 saturated carbocycles. The van der Waals surface area contributed by atoms with Crippen molar-refractivity contribution in [1.29, 1.82) is 0 Å². The van der Waals surface area contributed by atoms with E-state index in [1.54, 1.807) is 12.1 Å². The van der Waals surface area contributed by atoms with Crippen LogP contribution in [0.5, 0.6) is 5.75 Å². The number of aryl methyl sites for hydroxylation is 1. The summed E-state index contributed by atoms with van der Waals surface area (Å²) in [6.45, 7) is 3.51. The van der Waals surface area contributed by atoms with Crippen LogP contribution >= 0.6 is 0 Å². The maximum Gasteiger partial charge on any atom is 0.146 e. The number of nitrogens with zero attached hydrogens (tertiary/aromatic N) is 4. The highest BCUT2D eigenvalue weighted by Crippen LogP contribution is 2.32. The molecule has 110 valence electrons. The minimum atomic E-state index is 0.208. The monoisotopic (exact) mass is 285 g/mol. The Hall–Kier alpha value is -2.21. The largest absolute Gasteiger partial charge is 0.506 e. The Kier molecular flexibility index (Phi) is 3.70. The number of likely N-dealkylation sites (tertiary alicyclic amines) is 1. The minimum Gasteiger partial charge on any atom is -0.506 e. The van der Waals surface area contributed by atoms with Gasteiger partial charge in [-0.3, -0.25) is 9.88 Å². The lowest BCUT2D eigenvalue weighted by atomic mass is 10.1. The van der Waals surface area contributed by atoms with Crippen molar-refractivity contribution in [2.45, 2.75) is 32.4 Å². The molecule has 6 heteroatoms. The summed E-state index contributed by atoms with van der Waals surface area (Å²) in [4.78, 5) is 6.71. The number of hydrogen-bond donors (Lipinski definition) is 2. The lowest BCUT2D eigenvalue weighted by molar-refractivity contribution is 0.237. The molecule has 0 amide bonds. The Morgan fingerprint density at radius 3 is 2.90 bits per heavy atom. The van der Waals surface area contributed by atoms with E-state index < -0.39 is 0 Å². The molecule has 1 unspecified atom stereocenters. The van der Waals surface area contributed by atoms with Gasteiger partial charge < -0.3 is 10.8 Å². The number of nitrogen functional groups attached to an aromatic ring is 1. The molecule has 3 N–H and O–H groups in total. The van der Waals surface area contributed by atoms with Gasteiger partial charge in [0.05, 0.1) is 17.4 Å². The molecule has 2 aromatic rings. The summed E-state index contributed by atoms with van der Waals surface area (Å²) >= 11 is 0. The topological polar surface area (TPSA) is 88.2 Å². The average Bonchev–Trinajstić information content (AvgIpc) is 2.92. The summed E-state index contributed by atoms with van der Waals surface area (Å²) in [5.41, 5.74) is 8.14. The summed E-state index contributed by atoms with van der Waals surface area (Å²) in [7, 11) is 0. The van der Waals surface area contributed by atoms with E-state index in [1.165, 1.54) is 0 Å². The lowest BCUT2D eigenvalue weighted by Gasteiger charge is -2.23. The van der Waals surface area contributed by atoms with Gasteiger partial charge in [-0.05, 0) is 50.6 Å². The Balaban J connectivity index is 1.81. The van der Waals surface area contributed by atoms with E-state index in [0.29, 0.717) is 18.1 Å². The highest BCUT2D eigenvalue weighted by atomic mass is 16.3. The maximum absolute atomic E-state index is 9.95. The first-order valence-corrected chi connectivity index (χ1v) is 7.12. The van der Waals surface area contributed by atoms with E-state index in [-0.39, 0.29) is 11.8 Å². The van der Waals surface area contributed by atoms with Gasteiger partial charge in [-0.1, -0.05) is 0 Å². The molecule has 0 aromatic carbocycles. The van der Waals surface area contributed by atoms with Crippen LogP contribution in [0.15, 0.2) is 24.3 Å². The second-order valence-corrected chi connectivity index (χ2v) is 5.43. The van der Waals surface area contributed by atoms with Crippen molar-refractivity contribution in [3.8, 4) is 5.75 Å². The smallest absolute Gasteiger partial charge is 0.146 e. The van der Waals surface area contributed by atoms with Crippen molar-refractivity contribution in [2.24, 2.45) is 0 Å². The van der Waals surface area contributed by atoms with E-state index in [9.17, 15) is 5.11 Å². The molecule has 1 aliphatic heterocycles. The van der Waals surface area contributed by atoms with Gasteiger partial charge in [-0.25, -0.2) is 0 Å². The predicted octanol–water partition coefficient (Wildman–Crippen LogP) is 1.80. The van der Waals surface area contributed by atoms with Crippen LogP contribution in [0.2, 0.25) is 0 Å². The Morgan fingerprint density at radius 2 is 2.14 bits per heavy atom. The zero-order valence-corrected chi connectivity index (χ0v) is 12.0. The van der Waals surface area contributed by atoms with Crippen LogP contribution in [0.25, 0.3) is 0 Å². The van der Waals surface area contributed by atoms with Gasteiger partial charge in [0.15, 0.2) is 0 Å². The standard InChI is InChI=1S/C15H19N5O/c1-10-4-6-14(21)12(17-10)9-20-8-2-3-13(20)11-5-7-15(16)19-18-11/h4-7,13,21H,2-3,8-9H2,1H3,(H2,16,19). The summed E-state index contributed by atoms with van der Waals surface area (Å²) in [5.74, 6) is 0.677. The normalized spacial score (nSPS) is 19.0. The second-order valence-electron chi connectivity index (χ2n) is 5.43. The van der Waals surface area contributed by atoms with Crippen molar-refractivity contribution in [3.05, 3.63) is 41.3 Å². The van der Waals surface area contributed by atoms with Crippen LogP contribution < -0.4 is 5.73 Å². The third-order valence-corrected chi connectivity index (χ3v) is 3.85. The molecule has 1 atom stereocenters. The highest BCUT2D eigenvalue weighted by molar-refractivity contribution is 5.29. The molecule has 6 nitrogen and oxygen atoms in total. The molecule has 0 bridgehead atoms. The molecule has 1 fully saturated rings. The minimum absolute atomic E-state index is 0.208. The van der Waals surface area contributed by atoms with Crippen LogP contribution in [0.3, 0.4) is 0 Å². The van der Waals surface area contributed by atoms with Gasteiger partial charge in [0.1, 0.15) is 11.6 Å². The van der Waals surface area contributed by atoms with Gasteiger partial charge >= 0.3 is 0 Å². The van der Waals surface area contributed by atoms with Gasteiger partial charge in [0, 0.05) is 12.2 Å². The number of aromatic hydroxyl groups is 1. The number of aromatic nitrogens is 3. The van der Waals surface area contributed by atoms with Crippen LogP contribution in [0, 0.1) is 6.92 Å². The van der Waals surface area contributed by atoms with Crippen LogP contribution in [-0.2, 0) is 6.54 Å². The molecule has 0 spiro atoms. The van der Waals surface area contributed by atoms with Crippen molar-refractivity contribution in [1.82, 2.24) is 20.1 Å². The van der Waals surface area contributed by atoms with E-state index in [2.05, 4.69) is 20.1 Å². The van der Waals surface area contributed by atoms with Crippen LogP contribution in [-0.4, -0.2) is 31.7 Å². The molecule has 0 aliphatic carbocycles. The van der Waals surface area contributed by atoms with Crippen molar-refractivity contribution in [3.63, 3.8) is 0 Å².